The second-order valence-electron chi connectivity index (χ2n) is 12.1. The van der Waals surface area contributed by atoms with Crippen LogP contribution in [-0.2, 0) is 9.59 Å². The Morgan fingerprint density at radius 1 is 0.524 bits per heavy atom. The van der Waals surface area contributed by atoms with E-state index in [9.17, 15) is 19.2 Å². The molecule has 2 aromatic carbocycles. The number of likely N-dealkylation sites (tertiary alicyclic amines) is 2. The summed E-state index contributed by atoms with van der Waals surface area (Å²) in [5.74, 6) is -0.421. The van der Waals surface area contributed by atoms with Gasteiger partial charge >= 0.3 is 0 Å². The minimum absolute atomic E-state index is 0.0244. The third-order valence-electron chi connectivity index (χ3n) is 9.01. The fourth-order valence-electron chi connectivity index (χ4n) is 6.48. The number of carbonyl (C=O) groups is 4. The molecule has 0 spiro atoms. The van der Waals surface area contributed by atoms with Gasteiger partial charge in [-0.1, -0.05) is 37.8 Å². The molecule has 3 fully saturated rings. The van der Waals surface area contributed by atoms with Gasteiger partial charge in [-0.3, -0.25) is 19.2 Å². The first-order valence-electron chi connectivity index (χ1n) is 15.9. The average Bonchev–Trinajstić information content (AvgIpc) is 3.47. The molecule has 0 radical (unpaired) electrons. The smallest absolute Gasteiger partial charge is 0.253 e. The largest absolute Gasteiger partial charge is 0.339 e. The van der Waals surface area contributed by atoms with Gasteiger partial charge in [0, 0.05) is 60.5 Å². The van der Waals surface area contributed by atoms with E-state index in [1.165, 1.54) is 0 Å². The summed E-state index contributed by atoms with van der Waals surface area (Å²) >= 11 is 0. The fourth-order valence-corrected chi connectivity index (χ4v) is 6.48. The fraction of sp³-hybridized carbons (Fsp3) is 0.529. The van der Waals surface area contributed by atoms with Crippen LogP contribution in [-0.4, -0.2) is 59.6 Å². The van der Waals surface area contributed by atoms with Gasteiger partial charge in [0.15, 0.2) is 0 Å². The molecule has 2 heterocycles. The van der Waals surface area contributed by atoms with E-state index in [1.807, 2.05) is 46.2 Å². The van der Waals surface area contributed by atoms with Crippen molar-refractivity contribution in [2.75, 3.05) is 36.8 Å². The molecule has 2 N–H and O–H groups in total. The number of nitrogens with one attached hydrogen (secondary N) is 2. The van der Waals surface area contributed by atoms with E-state index in [2.05, 4.69) is 10.6 Å². The van der Waals surface area contributed by atoms with Gasteiger partial charge in [-0.25, -0.2) is 0 Å². The van der Waals surface area contributed by atoms with Gasteiger partial charge in [0.2, 0.25) is 11.8 Å². The van der Waals surface area contributed by atoms with E-state index in [-0.39, 0.29) is 35.5 Å². The Kier molecular flexibility index (Phi) is 10.3. The number of amides is 4. The van der Waals surface area contributed by atoms with E-state index in [4.69, 9.17) is 0 Å². The summed E-state index contributed by atoms with van der Waals surface area (Å²) in [6.07, 6.45) is 11.3. The lowest BCUT2D eigenvalue weighted by molar-refractivity contribution is -0.125. The minimum atomic E-state index is -0.173. The van der Waals surface area contributed by atoms with Crippen LogP contribution < -0.4 is 10.6 Å². The Hall–Kier alpha value is -3.68. The molecule has 1 saturated carbocycles. The van der Waals surface area contributed by atoms with Crippen LogP contribution in [0.5, 0.6) is 0 Å². The summed E-state index contributed by atoms with van der Waals surface area (Å²) < 4.78 is 0. The van der Waals surface area contributed by atoms with Gasteiger partial charge in [-0.2, -0.15) is 0 Å². The highest BCUT2D eigenvalue weighted by Crippen LogP contribution is 2.31. The maximum atomic E-state index is 13.1. The Bertz CT molecular complexity index is 1160. The maximum absolute atomic E-state index is 13.1. The molecule has 2 aliphatic heterocycles. The lowest BCUT2D eigenvalue weighted by Crippen LogP contribution is -2.33. The van der Waals surface area contributed by atoms with Crippen molar-refractivity contribution in [1.82, 2.24) is 9.80 Å². The topological polar surface area (TPSA) is 98.8 Å². The zero-order chi connectivity index (χ0) is 29.3. The molecule has 224 valence electrons. The zero-order valence-corrected chi connectivity index (χ0v) is 24.6. The number of hydrogen-bond donors (Lipinski definition) is 2. The molecule has 0 unspecified atom stereocenters. The molecule has 3 aliphatic rings. The van der Waals surface area contributed by atoms with Crippen molar-refractivity contribution >= 4 is 35.0 Å². The van der Waals surface area contributed by atoms with Crippen LogP contribution in [0.1, 0.15) is 97.8 Å². The third-order valence-corrected chi connectivity index (χ3v) is 9.01. The normalized spacial score (nSPS) is 21.5. The lowest BCUT2D eigenvalue weighted by Gasteiger charge is -2.27. The van der Waals surface area contributed by atoms with Crippen molar-refractivity contribution in [3.05, 3.63) is 59.7 Å². The Morgan fingerprint density at radius 3 is 1.24 bits per heavy atom. The van der Waals surface area contributed by atoms with Gasteiger partial charge in [0.1, 0.15) is 0 Å². The van der Waals surface area contributed by atoms with E-state index < -0.39 is 0 Å². The average molecular weight is 573 g/mol. The summed E-state index contributed by atoms with van der Waals surface area (Å²) in [7, 11) is 0. The van der Waals surface area contributed by atoms with Crippen LogP contribution in [0, 0.1) is 11.8 Å². The molecule has 1 aliphatic carbocycles. The molecular formula is C34H44N4O4. The van der Waals surface area contributed by atoms with Crippen molar-refractivity contribution in [2.24, 2.45) is 11.8 Å². The van der Waals surface area contributed by atoms with Crippen molar-refractivity contribution in [3.8, 4) is 0 Å². The Balaban J connectivity index is 1.11. The van der Waals surface area contributed by atoms with Gasteiger partial charge in [-0.15, -0.1) is 0 Å². The van der Waals surface area contributed by atoms with Crippen LogP contribution in [0.15, 0.2) is 48.5 Å². The molecule has 8 nitrogen and oxygen atoms in total. The molecule has 5 rings (SSSR count). The summed E-state index contributed by atoms with van der Waals surface area (Å²) in [5.41, 5.74) is 2.48. The SMILES string of the molecule is O=C(Nc1cccc(C(=O)N2CCCCCC2)c1)C1CCC(C(=O)Nc2cccc(C(=O)N3CCCCCC3)c2)CC1. The quantitative estimate of drug-likeness (QED) is 0.437. The maximum Gasteiger partial charge on any atom is 0.253 e. The highest BCUT2D eigenvalue weighted by Gasteiger charge is 2.30. The molecule has 2 aromatic rings. The molecule has 42 heavy (non-hydrogen) atoms. The predicted octanol–water partition coefficient (Wildman–Crippen LogP) is 6.10. The molecule has 0 aromatic heterocycles. The standard InChI is InChI=1S/C34H44N4O4/c39-31(35-29-13-9-11-27(23-29)33(41)37-19-5-1-2-6-20-37)25-15-17-26(18-16-25)32(40)36-30-14-10-12-28(24-30)34(42)38-21-7-3-4-8-22-38/h9-14,23-26H,1-8,15-22H2,(H,35,39)(H,36,40). The van der Waals surface area contributed by atoms with Crippen LogP contribution in [0.2, 0.25) is 0 Å². The highest BCUT2D eigenvalue weighted by atomic mass is 16.2. The summed E-state index contributed by atoms with van der Waals surface area (Å²) in [4.78, 5) is 56.0. The number of hydrogen-bond acceptors (Lipinski definition) is 4. The number of benzene rings is 2. The van der Waals surface area contributed by atoms with Crippen LogP contribution in [0.4, 0.5) is 11.4 Å². The Labute approximate surface area is 249 Å². The van der Waals surface area contributed by atoms with Gasteiger partial charge < -0.3 is 20.4 Å². The monoisotopic (exact) mass is 572 g/mol. The summed E-state index contributed by atoms with van der Waals surface area (Å²) in [5, 5.41) is 6.02. The number of carbonyl (C=O) groups excluding carboxylic acids is 4. The third kappa shape index (κ3) is 7.78. The van der Waals surface area contributed by atoms with Gasteiger partial charge in [0.25, 0.3) is 11.8 Å². The van der Waals surface area contributed by atoms with Crippen molar-refractivity contribution < 1.29 is 19.2 Å². The lowest BCUT2D eigenvalue weighted by atomic mass is 9.81. The molecule has 0 atom stereocenters. The first-order chi connectivity index (χ1) is 20.5. The van der Waals surface area contributed by atoms with Crippen LogP contribution in [0.25, 0.3) is 0 Å². The van der Waals surface area contributed by atoms with E-state index >= 15 is 0 Å². The second-order valence-corrected chi connectivity index (χ2v) is 12.1. The van der Waals surface area contributed by atoms with E-state index in [1.54, 1.807) is 12.1 Å². The molecular weight excluding hydrogens is 528 g/mol. The molecule has 0 bridgehead atoms. The Morgan fingerprint density at radius 2 is 0.881 bits per heavy atom. The molecule has 4 amide bonds. The van der Waals surface area contributed by atoms with E-state index in [0.29, 0.717) is 48.2 Å². The van der Waals surface area contributed by atoms with Gasteiger partial charge in [-0.05, 0) is 87.8 Å². The van der Waals surface area contributed by atoms with E-state index in [0.717, 1.165) is 77.5 Å². The molecule has 2 saturated heterocycles. The van der Waals surface area contributed by atoms with Crippen LogP contribution in [0.3, 0.4) is 0 Å². The van der Waals surface area contributed by atoms with Crippen molar-refractivity contribution in [1.29, 1.82) is 0 Å². The van der Waals surface area contributed by atoms with Crippen LogP contribution >= 0.6 is 0 Å². The second kappa shape index (κ2) is 14.5. The first kappa shape index (κ1) is 29.8. The van der Waals surface area contributed by atoms with Gasteiger partial charge in [0.05, 0.1) is 0 Å². The number of nitrogens with zero attached hydrogens (tertiary/aromatic N) is 2. The van der Waals surface area contributed by atoms with Crippen molar-refractivity contribution in [3.63, 3.8) is 0 Å². The van der Waals surface area contributed by atoms with Crippen molar-refractivity contribution in [2.45, 2.75) is 77.0 Å². The highest BCUT2D eigenvalue weighted by molar-refractivity contribution is 5.99. The molecule has 8 heteroatoms. The predicted molar refractivity (Wildman–Crippen MR) is 164 cm³/mol. The summed E-state index contributed by atoms with van der Waals surface area (Å²) in [6, 6.07) is 14.5. The summed E-state index contributed by atoms with van der Waals surface area (Å²) in [6.45, 7) is 3.14. The first-order valence-corrected chi connectivity index (χ1v) is 15.9. The minimum Gasteiger partial charge on any atom is -0.339 e. The number of anilines is 2. The zero-order valence-electron chi connectivity index (χ0n) is 24.6. The number of rotatable bonds is 6.